The smallest absolute Gasteiger partial charge is 0.0471 e. The van der Waals surface area contributed by atoms with E-state index in [-0.39, 0.29) is 5.41 Å². The van der Waals surface area contributed by atoms with Gasteiger partial charge < -0.3 is 4.74 Å². The summed E-state index contributed by atoms with van der Waals surface area (Å²) < 4.78 is 5.21. The minimum atomic E-state index is 0.185. The Labute approximate surface area is 66.2 Å². The van der Waals surface area contributed by atoms with Crippen molar-refractivity contribution in [2.75, 3.05) is 19.8 Å². The Morgan fingerprint density at radius 3 is 2.73 bits per heavy atom. The third-order valence-electron chi connectivity index (χ3n) is 2.22. The van der Waals surface area contributed by atoms with E-state index in [2.05, 4.69) is 16.9 Å². The summed E-state index contributed by atoms with van der Waals surface area (Å²) >= 11 is 0. The highest BCUT2D eigenvalue weighted by atomic mass is 16.5. The largest absolute Gasteiger partial charge is 0.381 e. The van der Waals surface area contributed by atoms with E-state index in [9.17, 15) is 0 Å². The number of nitrogens with zero attached hydrogens (tertiary/aromatic N) is 3. The van der Waals surface area contributed by atoms with Crippen molar-refractivity contribution in [2.24, 2.45) is 10.5 Å². The second-order valence-electron chi connectivity index (χ2n) is 3.31. The van der Waals surface area contributed by atoms with E-state index >= 15 is 0 Å². The topological polar surface area (TPSA) is 58.0 Å². The second kappa shape index (κ2) is 3.60. The van der Waals surface area contributed by atoms with Gasteiger partial charge in [0.1, 0.15) is 0 Å². The molecular formula is C7H13N3O. The van der Waals surface area contributed by atoms with E-state index in [4.69, 9.17) is 10.3 Å². The van der Waals surface area contributed by atoms with Gasteiger partial charge in [-0.2, -0.15) is 0 Å². The zero-order chi connectivity index (χ0) is 8.16. The molecule has 0 amide bonds. The summed E-state index contributed by atoms with van der Waals surface area (Å²) in [6, 6.07) is 0. The van der Waals surface area contributed by atoms with Crippen LogP contribution in [0.4, 0.5) is 0 Å². The lowest BCUT2D eigenvalue weighted by molar-refractivity contribution is 0.0281. The minimum absolute atomic E-state index is 0.185. The highest BCUT2D eigenvalue weighted by molar-refractivity contribution is 4.79. The van der Waals surface area contributed by atoms with Gasteiger partial charge in [-0.15, -0.1) is 0 Å². The van der Waals surface area contributed by atoms with Crippen molar-refractivity contribution in [3.63, 3.8) is 0 Å². The van der Waals surface area contributed by atoms with Crippen molar-refractivity contribution in [3.8, 4) is 0 Å². The molecule has 0 aliphatic carbocycles. The Hall–Kier alpha value is -0.730. The molecule has 1 aliphatic rings. The molecule has 11 heavy (non-hydrogen) atoms. The molecule has 0 aromatic heterocycles. The van der Waals surface area contributed by atoms with Crippen molar-refractivity contribution in [1.82, 2.24) is 0 Å². The van der Waals surface area contributed by atoms with Crippen LogP contribution in [0.5, 0.6) is 0 Å². The van der Waals surface area contributed by atoms with Gasteiger partial charge >= 0.3 is 0 Å². The van der Waals surface area contributed by atoms with E-state index in [1.807, 2.05) is 0 Å². The van der Waals surface area contributed by atoms with E-state index in [1.54, 1.807) is 0 Å². The summed E-state index contributed by atoms with van der Waals surface area (Å²) in [5, 5.41) is 3.59. The van der Waals surface area contributed by atoms with Gasteiger partial charge in [0.15, 0.2) is 0 Å². The number of ether oxygens (including phenoxy) is 1. The summed E-state index contributed by atoms with van der Waals surface area (Å²) in [5.74, 6) is 0. The average Bonchev–Trinajstić information content (AvgIpc) is 2.03. The Balaban J connectivity index is 2.42. The predicted molar refractivity (Wildman–Crippen MR) is 42.2 cm³/mol. The second-order valence-corrected chi connectivity index (χ2v) is 3.31. The van der Waals surface area contributed by atoms with Crippen molar-refractivity contribution < 1.29 is 4.74 Å². The molecule has 0 radical (unpaired) electrons. The van der Waals surface area contributed by atoms with Crippen LogP contribution in [-0.4, -0.2) is 19.8 Å². The van der Waals surface area contributed by atoms with E-state index < -0.39 is 0 Å². The van der Waals surface area contributed by atoms with Crippen LogP contribution in [0, 0.1) is 5.41 Å². The van der Waals surface area contributed by atoms with Gasteiger partial charge in [-0.1, -0.05) is 12.0 Å². The maximum atomic E-state index is 8.14. The first-order valence-corrected chi connectivity index (χ1v) is 3.85. The monoisotopic (exact) mass is 155 g/mol. The molecule has 0 aromatic carbocycles. The fourth-order valence-electron chi connectivity index (χ4n) is 1.22. The first kappa shape index (κ1) is 8.37. The standard InChI is InChI=1S/C7H13N3O/c1-7(6-9-10-8)2-4-11-5-3-7/h2-6H2,1H3. The molecule has 1 fully saturated rings. The van der Waals surface area contributed by atoms with Gasteiger partial charge in [0.25, 0.3) is 0 Å². The molecule has 0 unspecified atom stereocenters. The molecule has 62 valence electrons. The highest BCUT2D eigenvalue weighted by Crippen LogP contribution is 2.29. The molecule has 0 bridgehead atoms. The Bertz CT molecular complexity index is 169. The van der Waals surface area contributed by atoms with Crippen molar-refractivity contribution >= 4 is 0 Å². The van der Waals surface area contributed by atoms with Crippen LogP contribution < -0.4 is 0 Å². The van der Waals surface area contributed by atoms with Crippen molar-refractivity contribution in [1.29, 1.82) is 0 Å². The van der Waals surface area contributed by atoms with Gasteiger partial charge in [-0.3, -0.25) is 0 Å². The average molecular weight is 155 g/mol. The summed E-state index contributed by atoms with van der Waals surface area (Å²) in [6.07, 6.45) is 2.01. The van der Waals surface area contributed by atoms with Gasteiger partial charge in [0.05, 0.1) is 0 Å². The molecule has 1 aliphatic heterocycles. The minimum Gasteiger partial charge on any atom is -0.381 e. The highest BCUT2D eigenvalue weighted by Gasteiger charge is 2.25. The SMILES string of the molecule is CC1(CN=[N+]=[N-])CCOCC1. The molecule has 4 heteroatoms. The molecule has 1 rings (SSSR count). The maximum Gasteiger partial charge on any atom is 0.0471 e. The normalized spacial score (nSPS) is 22.3. The fourth-order valence-corrected chi connectivity index (χ4v) is 1.22. The summed E-state index contributed by atoms with van der Waals surface area (Å²) in [7, 11) is 0. The molecule has 0 saturated carbocycles. The summed E-state index contributed by atoms with van der Waals surface area (Å²) in [5.41, 5.74) is 8.32. The lowest BCUT2D eigenvalue weighted by Gasteiger charge is -2.31. The van der Waals surface area contributed by atoms with E-state index in [1.165, 1.54) is 0 Å². The van der Waals surface area contributed by atoms with Crippen LogP contribution in [0.3, 0.4) is 0 Å². The molecule has 0 aromatic rings. The van der Waals surface area contributed by atoms with E-state index in [0.717, 1.165) is 26.1 Å². The van der Waals surface area contributed by atoms with Crippen LogP contribution in [0.15, 0.2) is 5.11 Å². The van der Waals surface area contributed by atoms with Crippen molar-refractivity contribution in [3.05, 3.63) is 10.4 Å². The van der Waals surface area contributed by atoms with Crippen LogP contribution in [0.1, 0.15) is 19.8 Å². The van der Waals surface area contributed by atoms with Gasteiger partial charge in [0, 0.05) is 24.7 Å². The lowest BCUT2D eigenvalue weighted by atomic mass is 9.83. The first-order valence-electron chi connectivity index (χ1n) is 3.85. The third kappa shape index (κ3) is 2.41. The molecule has 0 spiro atoms. The lowest BCUT2D eigenvalue weighted by Crippen LogP contribution is -2.28. The first-order chi connectivity index (χ1) is 5.27. The predicted octanol–water partition coefficient (Wildman–Crippen LogP) is 2.11. The maximum absolute atomic E-state index is 8.14. The third-order valence-corrected chi connectivity index (χ3v) is 2.22. The van der Waals surface area contributed by atoms with Crippen molar-refractivity contribution in [2.45, 2.75) is 19.8 Å². The number of hydrogen-bond donors (Lipinski definition) is 0. The zero-order valence-corrected chi connectivity index (χ0v) is 6.79. The van der Waals surface area contributed by atoms with Gasteiger partial charge in [0.2, 0.25) is 0 Å². The molecule has 4 nitrogen and oxygen atoms in total. The fraction of sp³-hybridized carbons (Fsp3) is 1.00. The molecule has 0 N–H and O–H groups in total. The molecule has 1 saturated heterocycles. The van der Waals surface area contributed by atoms with E-state index in [0.29, 0.717) is 6.54 Å². The Morgan fingerprint density at radius 1 is 1.55 bits per heavy atom. The number of azide groups is 1. The summed E-state index contributed by atoms with van der Waals surface area (Å²) in [4.78, 5) is 2.76. The van der Waals surface area contributed by atoms with Gasteiger partial charge in [-0.05, 0) is 23.8 Å². The van der Waals surface area contributed by atoms with Crippen LogP contribution in [-0.2, 0) is 4.74 Å². The van der Waals surface area contributed by atoms with Crippen LogP contribution >= 0.6 is 0 Å². The molecular weight excluding hydrogens is 142 g/mol. The Kier molecular flexibility index (Phi) is 2.74. The Morgan fingerprint density at radius 2 is 2.18 bits per heavy atom. The molecule has 0 atom stereocenters. The quantitative estimate of drug-likeness (QED) is 0.342. The summed E-state index contributed by atoms with van der Waals surface area (Å²) in [6.45, 7) is 4.35. The zero-order valence-electron chi connectivity index (χ0n) is 6.79. The number of hydrogen-bond acceptors (Lipinski definition) is 2. The van der Waals surface area contributed by atoms with Crippen LogP contribution in [0.25, 0.3) is 10.4 Å². The van der Waals surface area contributed by atoms with Gasteiger partial charge in [-0.25, -0.2) is 0 Å². The molecule has 1 heterocycles. The van der Waals surface area contributed by atoms with Crippen LogP contribution in [0.2, 0.25) is 0 Å². The number of rotatable bonds is 2.